The molecule has 0 aliphatic carbocycles. The lowest BCUT2D eigenvalue weighted by molar-refractivity contribution is 0.457. The summed E-state index contributed by atoms with van der Waals surface area (Å²) in [5.74, 6) is 6.94. The fourth-order valence-corrected chi connectivity index (χ4v) is 1.56. The molecule has 6 nitrogen and oxygen atoms in total. The van der Waals surface area contributed by atoms with E-state index in [0.717, 1.165) is 11.1 Å². The minimum Gasteiger partial charge on any atom is -0.439 e. The molecule has 0 fully saturated rings. The third-order valence-corrected chi connectivity index (χ3v) is 2.60. The molecule has 0 bridgehead atoms. The van der Waals surface area contributed by atoms with Gasteiger partial charge in [0.1, 0.15) is 17.9 Å². The van der Waals surface area contributed by atoms with Crippen LogP contribution in [0.15, 0.2) is 30.6 Å². The van der Waals surface area contributed by atoms with Gasteiger partial charge in [0.2, 0.25) is 5.88 Å². The number of hydrazine groups is 1. The van der Waals surface area contributed by atoms with Crippen molar-refractivity contribution in [2.75, 3.05) is 5.43 Å². The highest BCUT2D eigenvalue weighted by Gasteiger charge is 2.08. The van der Waals surface area contributed by atoms with Crippen LogP contribution >= 0.6 is 0 Å². The van der Waals surface area contributed by atoms with Gasteiger partial charge in [-0.15, -0.1) is 0 Å². The predicted molar refractivity (Wildman–Crippen MR) is 70.4 cm³/mol. The lowest BCUT2D eigenvalue weighted by Crippen LogP contribution is -2.11. The summed E-state index contributed by atoms with van der Waals surface area (Å²) in [6, 6.07) is 9.37. The minimum absolute atomic E-state index is 0.383. The Morgan fingerprint density at radius 1 is 1.32 bits per heavy atom. The maximum Gasteiger partial charge on any atom is 0.227 e. The van der Waals surface area contributed by atoms with E-state index >= 15 is 0 Å². The van der Waals surface area contributed by atoms with Crippen LogP contribution in [0.25, 0.3) is 0 Å². The van der Waals surface area contributed by atoms with Crippen LogP contribution in [0, 0.1) is 18.3 Å². The van der Waals surface area contributed by atoms with Crippen LogP contribution in [0.4, 0.5) is 5.82 Å². The first-order chi connectivity index (χ1) is 9.24. The van der Waals surface area contributed by atoms with Crippen LogP contribution in [0.1, 0.15) is 11.1 Å². The molecule has 2 rings (SSSR count). The lowest BCUT2D eigenvalue weighted by atomic mass is 10.2. The Kier molecular flexibility index (Phi) is 3.90. The SMILES string of the molecule is Cc1c(NN)ncnc1Oc1ccc(CC#N)cc1. The number of hydrogen-bond donors (Lipinski definition) is 2. The molecular formula is C13H13N5O. The molecular weight excluding hydrogens is 242 g/mol. The second-order valence-electron chi connectivity index (χ2n) is 3.88. The molecule has 0 amide bonds. The Morgan fingerprint density at radius 2 is 2.05 bits per heavy atom. The lowest BCUT2D eigenvalue weighted by Gasteiger charge is -2.09. The highest BCUT2D eigenvalue weighted by Crippen LogP contribution is 2.25. The number of rotatable bonds is 4. The molecule has 1 heterocycles. The van der Waals surface area contributed by atoms with E-state index in [2.05, 4.69) is 21.5 Å². The van der Waals surface area contributed by atoms with Crippen molar-refractivity contribution in [1.29, 1.82) is 5.26 Å². The van der Waals surface area contributed by atoms with E-state index in [1.165, 1.54) is 6.33 Å². The van der Waals surface area contributed by atoms with E-state index < -0.39 is 0 Å². The molecule has 0 spiro atoms. The molecule has 3 N–H and O–H groups in total. The molecule has 0 saturated heterocycles. The molecule has 0 saturated carbocycles. The van der Waals surface area contributed by atoms with Crippen molar-refractivity contribution in [3.63, 3.8) is 0 Å². The average Bonchev–Trinajstić information content (AvgIpc) is 2.43. The molecule has 1 aromatic heterocycles. The van der Waals surface area contributed by atoms with E-state index in [0.29, 0.717) is 23.9 Å². The quantitative estimate of drug-likeness (QED) is 0.640. The molecule has 6 heteroatoms. The number of hydrogen-bond acceptors (Lipinski definition) is 6. The molecule has 1 aromatic carbocycles. The second kappa shape index (κ2) is 5.80. The van der Waals surface area contributed by atoms with Gasteiger partial charge in [0, 0.05) is 0 Å². The maximum atomic E-state index is 8.60. The van der Waals surface area contributed by atoms with E-state index in [-0.39, 0.29) is 0 Å². The number of nitrogen functional groups attached to an aromatic ring is 1. The fraction of sp³-hybridized carbons (Fsp3) is 0.154. The Hall–Kier alpha value is -2.65. The summed E-state index contributed by atoms with van der Waals surface area (Å²) < 4.78 is 5.66. The monoisotopic (exact) mass is 255 g/mol. The van der Waals surface area contributed by atoms with Crippen molar-refractivity contribution in [2.45, 2.75) is 13.3 Å². The standard InChI is InChI=1S/C13H13N5O/c1-9-12(18-15)16-8-17-13(9)19-11-4-2-10(3-5-11)6-7-14/h2-5,8H,6,15H2,1H3,(H,16,17,18). The van der Waals surface area contributed by atoms with Crippen LogP contribution in [0.5, 0.6) is 11.6 Å². The largest absolute Gasteiger partial charge is 0.439 e. The van der Waals surface area contributed by atoms with E-state index in [9.17, 15) is 0 Å². The van der Waals surface area contributed by atoms with Crippen molar-refractivity contribution in [1.82, 2.24) is 9.97 Å². The van der Waals surface area contributed by atoms with E-state index in [1.807, 2.05) is 19.1 Å². The van der Waals surface area contributed by atoms with E-state index in [1.54, 1.807) is 12.1 Å². The van der Waals surface area contributed by atoms with Gasteiger partial charge in [-0.1, -0.05) is 12.1 Å². The Bertz CT molecular complexity index is 603. The predicted octanol–water partition coefficient (Wildman–Crippen LogP) is 1.93. The van der Waals surface area contributed by atoms with Crippen molar-refractivity contribution in [3.8, 4) is 17.7 Å². The van der Waals surface area contributed by atoms with Gasteiger partial charge in [-0.2, -0.15) is 5.26 Å². The number of aromatic nitrogens is 2. The van der Waals surface area contributed by atoms with Gasteiger partial charge < -0.3 is 10.2 Å². The number of nitriles is 1. The summed E-state index contributed by atoms with van der Waals surface area (Å²) in [7, 11) is 0. The molecule has 96 valence electrons. The van der Waals surface area contributed by atoms with Gasteiger partial charge in [-0.3, -0.25) is 0 Å². The number of nitrogens with two attached hydrogens (primary N) is 1. The minimum atomic E-state index is 0.383. The molecule has 0 atom stereocenters. The second-order valence-corrected chi connectivity index (χ2v) is 3.88. The zero-order chi connectivity index (χ0) is 13.7. The van der Waals surface area contributed by atoms with Crippen molar-refractivity contribution in [2.24, 2.45) is 5.84 Å². The maximum absolute atomic E-state index is 8.60. The van der Waals surface area contributed by atoms with Crippen LogP contribution < -0.4 is 16.0 Å². The topological polar surface area (TPSA) is 96.8 Å². The smallest absolute Gasteiger partial charge is 0.227 e. The average molecular weight is 255 g/mol. The summed E-state index contributed by atoms with van der Waals surface area (Å²) in [5.41, 5.74) is 4.15. The van der Waals surface area contributed by atoms with Crippen LogP contribution in [0.3, 0.4) is 0 Å². The van der Waals surface area contributed by atoms with Crippen LogP contribution in [0.2, 0.25) is 0 Å². The number of nitrogens with zero attached hydrogens (tertiary/aromatic N) is 3. The van der Waals surface area contributed by atoms with Gasteiger partial charge >= 0.3 is 0 Å². The first-order valence-corrected chi connectivity index (χ1v) is 5.66. The molecule has 2 aromatic rings. The first kappa shape index (κ1) is 12.8. The zero-order valence-corrected chi connectivity index (χ0v) is 10.4. The van der Waals surface area contributed by atoms with Crippen LogP contribution in [-0.4, -0.2) is 9.97 Å². The molecule has 0 unspecified atom stereocenters. The zero-order valence-electron chi connectivity index (χ0n) is 10.4. The van der Waals surface area contributed by atoms with Gasteiger partial charge in [0.25, 0.3) is 0 Å². The van der Waals surface area contributed by atoms with Crippen LogP contribution in [-0.2, 0) is 6.42 Å². The number of ether oxygens (including phenoxy) is 1. The number of anilines is 1. The third-order valence-electron chi connectivity index (χ3n) is 2.60. The normalized spacial score (nSPS) is 9.74. The number of benzene rings is 1. The van der Waals surface area contributed by atoms with Gasteiger partial charge in [0.15, 0.2) is 0 Å². The summed E-state index contributed by atoms with van der Waals surface area (Å²) in [5, 5.41) is 8.60. The summed E-state index contributed by atoms with van der Waals surface area (Å²) in [4.78, 5) is 8.03. The molecule has 19 heavy (non-hydrogen) atoms. The molecule has 0 aliphatic rings. The molecule has 0 aliphatic heterocycles. The number of nitrogens with one attached hydrogen (secondary N) is 1. The fourth-order valence-electron chi connectivity index (χ4n) is 1.56. The summed E-state index contributed by atoms with van der Waals surface area (Å²) in [6.07, 6.45) is 1.76. The highest BCUT2D eigenvalue weighted by atomic mass is 16.5. The van der Waals surface area contributed by atoms with Gasteiger partial charge in [-0.25, -0.2) is 15.8 Å². The van der Waals surface area contributed by atoms with Gasteiger partial charge in [-0.05, 0) is 24.6 Å². The Balaban J connectivity index is 2.19. The molecule has 0 radical (unpaired) electrons. The Labute approximate surface area is 110 Å². The van der Waals surface area contributed by atoms with Crippen molar-refractivity contribution < 1.29 is 4.74 Å². The van der Waals surface area contributed by atoms with E-state index in [4.69, 9.17) is 15.8 Å². The van der Waals surface area contributed by atoms with Crippen molar-refractivity contribution >= 4 is 5.82 Å². The van der Waals surface area contributed by atoms with Gasteiger partial charge in [0.05, 0.1) is 18.1 Å². The van der Waals surface area contributed by atoms with Crippen molar-refractivity contribution in [3.05, 3.63) is 41.7 Å². The summed E-state index contributed by atoms with van der Waals surface area (Å²) >= 11 is 0. The first-order valence-electron chi connectivity index (χ1n) is 5.66. The third kappa shape index (κ3) is 2.97. The summed E-state index contributed by atoms with van der Waals surface area (Å²) in [6.45, 7) is 1.81. The highest BCUT2D eigenvalue weighted by molar-refractivity contribution is 5.47. The Morgan fingerprint density at radius 3 is 2.68 bits per heavy atom.